The lowest BCUT2D eigenvalue weighted by molar-refractivity contribution is -0.218. The van der Waals surface area contributed by atoms with Gasteiger partial charge in [-0.2, -0.15) is 0 Å². The lowest BCUT2D eigenvalue weighted by Gasteiger charge is -2.60. The summed E-state index contributed by atoms with van der Waals surface area (Å²) in [7, 11) is 0. The third kappa shape index (κ3) is 12.7. The van der Waals surface area contributed by atoms with E-state index in [9.17, 15) is 57.5 Å². The molecule has 25 atom stereocenters. The van der Waals surface area contributed by atoms with Gasteiger partial charge in [-0.1, -0.05) is 41.5 Å². The highest BCUT2D eigenvalue weighted by Crippen LogP contribution is 2.72. The quantitative estimate of drug-likeness (QED) is 0.0492. The first-order chi connectivity index (χ1) is 51.3. The average molecular weight is 1510 g/mol. The van der Waals surface area contributed by atoms with Gasteiger partial charge in [0.05, 0.1) is 51.8 Å². The summed E-state index contributed by atoms with van der Waals surface area (Å²) in [5.41, 5.74) is -3.41. The highest BCUT2D eigenvalue weighted by atomic mass is 16.6. The number of fused-ring (bicyclic) bond motifs is 12. The number of carbonyl (C=O) groups excluding carboxylic acids is 12. The van der Waals surface area contributed by atoms with Gasteiger partial charge in [-0.3, -0.25) is 43.2 Å². The molecule has 24 heteroatoms. The number of hydrogen-bond acceptors (Lipinski definition) is 24. The maximum Gasteiger partial charge on any atom is 0.344 e. The number of rotatable bonds is 24. The van der Waals surface area contributed by atoms with Crippen LogP contribution in [0.1, 0.15) is 231 Å². The second-order valence-electron chi connectivity index (χ2n) is 38.2. The summed E-state index contributed by atoms with van der Waals surface area (Å²) in [5.74, 6) is -4.02. The Hall–Kier alpha value is -6.36. The van der Waals surface area contributed by atoms with Gasteiger partial charge in [0.1, 0.15) is 53.4 Å². The van der Waals surface area contributed by atoms with Crippen LogP contribution in [-0.2, 0) is 114 Å². The molecule has 108 heavy (non-hydrogen) atoms. The monoisotopic (exact) mass is 1510 g/mol. The van der Waals surface area contributed by atoms with Crippen molar-refractivity contribution in [3.8, 4) is 0 Å². The highest BCUT2D eigenvalue weighted by molar-refractivity contribution is 5.89. The van der Waals surface area contributed by atoms with Crippen LogP contribution in [0.15, 0.2) is 0 Å². The number of esters is 12. The van der Waals surface area contributed by atoms with Crippen LogP contribution in [0, 0.1) is 146 Å². The smallest absolute Gasteiger partial charge is 0.344 e. The van der Waals surface area contributed by atoms with E-state index in [0.29, 0.717) is 68.1 Å². The van der Waals surface area contributed by atoms with Crippen molar-refractivity contribution in [3.05, 3.63) is 0 Å². The molecule has 0 spiro atoms. The molecule has 0 amide bonds. The minimum absolute atomic E-state index is 0.146. The van der Waals surface area contributed by atoms with E-state index in [0.717, 1.165) is 107 Å². The molecule has 3 heterocycles. The Bertz CT molecular complexity index is 3590. The van der Waals surface area contributed by atoms with Crippen LogP contribution in [-0.4, -0.2) is 145 Å². The largest absolute Gasteiger partial charge is 0.459 e. The first kappa shape index (κ1) is 77.0. The summed E-state index contributed by atoms with van der Waals surface area (Å²) in [4.78, 5) is 154. The maximum absolute atomic E-state index is 14.0. The predicted molar refractivity (Wildman–Crippen MR) is 377 cm³/mol. The Kier molecular flexibility index (Phi) is 20.2. The summed E-state index contributed by atoms with van der Waals surface area (Å²) in [6.07, 6.45) is 17.8. The van der Waals surface area contributed by atoms with E-state index in [2.05, 4.69) is 13.8 Å². The van der Waals surface area contributed by atoms with Gasteiger partial charge in [0.15, 0.2) is 19.8 Å². The lowest BCUT2D eigenvalue weighted by atomic mass is 9.49. The van der Waals surface area contributed by atoms with Gasteiger partial charge in [0, 0.05) is 41.4 Å². The Morgan fingerprint density at radius 1 is 0.417 bits per heavy atom. The highest BCUT2D eigenvalue weighted by Gasteiger charge is 2.75. The van der Waals surface area contributed by atoms with E-state index < -0.39 is 167 Å². The summed E-state index contributed by atoms with van der Waals surface area (Å²) < 4.78 is 68.6. The van der Waals surface area contributed by atoms with Gasteiger partial charge in [-0.05, 0) is 242 Å². The van der Waals surface area contributed by atoms with Crippen LogP contribution in [0.25, 0.3) is 0 Å². The molecule has 24 nitrogen and oxygen atoms in total. The van der Waals surface area contributed by atoms with Crippen molar-refractivity contribution in [1.82, 2.24) is 0 Å². The molecule has 0 N–H and O–H groups in total. The summed E-state index contributed by atoms with van der Waals surface area (Å²) in [5, 5.41) is 0. The molecule has 596 valence electrons. The van der Waals surface area contributed by atoms with Crippen LogP contribution in [0.4, 0.5) is 0 Å². The zero-order valence-corrected chi connectivity index (χ0v) is 65.3. The topological polar surface area (TPSA) is 316 Å². The fourth-order valence-electron chi connectivity index (χ4n) is 25.8. The Morgan fingerprint density at radius 2 is 0.796 bits per heavy atom. The Morgan fingerprint density at radius 3 is 1.17 bits per heavy atom. The zero-order valence-electron chi connectivity index (χ0n) is 65.3. The van der Waals surface area contributed by atoms with Gasteiger partial charge in [0.2, 0.25) is 0 Å². The van der Waals surface area contributed by atoms with Crippen LogP contribution < -0.4 is 0 Å². The molecule has 15 aliphatic carbocycles. The fourth-order valence-corrected chi connectivity index (χ4v) is 25.8. The second kappa shape index (κ2) is 28.4. The molecular weight excluding hydrogens is 1390 g/mol. The van der Waals surface area contributed by atoms with Crippen molar-refractivity contribution in [2.24, 2.45) is 146 Å². The summed E-state index contributed by atoms with van der Waals surface area (Å²) >= 11 is 0. The molecule has 3 aliphatic heterocycles. The van der Waals surface area contributed by atoms with Gasteiger partial charge in [-0.25, -0.2) is 14.4 Å². The predicted octanol–water partition coefficient (Wildman–Crippen LogP) is 10.9. The molecule has 0 radical (unpaired) electrons. The number of hydrogen-bond donors (Lipinski definition) is 0. The minimum Gasteiger partial charge on any atom is -0.459 e. The maximum atomic E-state index is 14.0. The summed E-state index contributed by atoms with van der Waals surface area (Å²) in [6.45, 7) is 21.0. The van der Waals surface area contributed by atoms with E-state index in [-0.39, 0.29) is 65.4 Å². The van der Waals surface area contributed by atoms with Crippen molar-refractivity contribution >= 4 is 71.6 Å². The minimum atomic E-state index is -0.716. The van der Waals surface area contributed by atoms with Crippen molar-refractivity contribution < 1.29 is 114 Å². The molecule has 3 saturated heterocycles. The first-order valence-electron chi connectivity index (χ1n) is 41.7. The van der Waals surface area contributed by atoms with Crippen molar-refractivity contribution in [1.29, 1.82) is 0 Å². The molecule has 15 saturated carbocycles. The number of carbonyl (C=O) groups is 12. The van der Waals surface area contributed by atoms with Gasteiger partial charge in [-0.15, -0.1) is 0 Å². The van der Waals surface area contributed by atoms with Crippen molar-refractivity contribution in [3.63, 3.8) is 0 Å². The molecular formula is C84H116O24. The SMILES string of the molecule is CCC(C)(C)C(=O)OCC(=O)OC1C2CC3C1OC(=O)C3C2C(=O)OC1(CC)C2CC3CC(C2)CC1C3.CCC(C)(C)C(=O)OCC(=O)OC1C2CC3C1OC(=O)C3C2C(=O)OC1(CC)CC2CC1C1C3CCC(C3)C21.CCC1(OC(=O)C2C3CC4C(OC(=O)C42)C3OC(=O)COC(=O)C(C)(C)CC)CCCC1. The third-order valence-electron chi connectivity index (χ3n) is 32.2. The Balaban J connectivity index is 0.000000130. The first-order valence-corrected chi connectivity index (χ1v) is 41.7. The standard InChI is InChI=1S/C31H42O8.C29H40O8.C24H34O8/c1-5-30(3,4)29(35)36-13-20(32)37-25-18-11-17-23(27(33)38-26(17)25)24(18)28(34)39-31(6-2)12-16-10-19(31)22-15-8-7-14(9-15)21(16)22;1-5-28(3,4)27(33)34-13-20(30)35-23-19-12-18-21(25(31)36-24(18)23)22(19)26(32)37-29(6-2)16-8-14-7-15(10-16)11-17(29)9-14;1-5-23(3,4)22(28)29-12-15(25)30-18-14-11-13-16(20(26)31-19(13)18)17(14)21(27)32-24(6-2)9-7-8-10-24/h14-19,21-26H,5-13H2,1-4H3;14-19,21-24H,5-13H2,1-4H3;13-14,16-19H,5-12H2,1-4H3. The second-order valence-corrected chi connectivity index (χ2v) is 38.2. The third-order valence-corrected chi connectivity index (χ3v) is 32.2. The van der Waals surface area contributed by atoms with E-state index >= 15 is 0 Å². The molecule has 0 aromatic heterocycles. The normalized spacial score (nSPS) is 42.7. The molecule has 18 fully saturated rings. The van der Waals surface area contributed by atoms with Crippen LogP contribution in [0.2, 0.25) is 0 Å². The van der Waals surface area contributed by atoms with Gasteiger partial charge in [0.25, 0.3) is 0 Å². The van der Waals surface area contributed by atoms with E-state index in [1.165, 1.54) is 32.1 Å². The Labute approximate surface area is 633 Å². The zero-order chi connectivity index (χ0) is 77.0. The van der Waals surface area contributed by atoms with Crippen molar-refractivity contribution in [2.75, 3.05) is 19.8 Å². The molecule has 18 aliphatic rings. The molecule has 0 aromatic carbocycles. The lowest BCUT2D eigenvalue weighted by Crippen LogP contribution is -2.60. The summed E-state index contributed by atoms with van der Waals surface area (Å²) in [6, 6.07) is 0. The van der Waals surface area contributed by atoms with Crippen LogP contribution in [0.5, 0.6) is 0 Å². The molecule has 18 rings (SSSR count). The van der Waals surface area contributed by atoms with E-state index in [1.807, 2.05) is 27.7 Å². The van der Waals surface area contributed by atoms with Gasteiger partial charge >= 0.3 is 71.6 Å². The molecule has 0 aromatic rings. The van der Waals surface area contributed by atoms with Crippen molar-refractivity contribution in [2.45, 2.75) is 284 Å². The molecule has 14 bridgehead atoms. The van der Waals surface area contributed by atoms with E-state index in [1.54, 1.807) is 41.5 Å². The van der Waals surface area contributed by atoms with Crippen LogP contribution >= 0.6 is 0 Å². The average Bonchev–Trinajstić information content (AvgIpc) is 1.44. The fraction of sp³-hybridized carbons (Fsp3) is 0.857. The van der Waals surface area contributed by atoms with Gasteiger partial charge < -0.3 is 56.8 Å². The number of ether oxygens (including phenoxy) is 12. The van der Waals surface area contributed by atoms with E-state index in [4.69, 9.17) is 56.8 Å². The van der Waals surface area contributed by atoms with Crippen LogP contribution in [0.3, 0.4) is 0 Å². The molecule has 25 unspecified atom stereocenters.